The van der Waals surface area contributed by atoms with E-state index in [0.717, 1.165) is 31.6 Å². The van der Waals surface area contributed by atoms with Gasteiger partial charge in [-0.05, 0) is 38.0 Å². The molecule has 0 aromatic heterocycles. The fraction of sp³-hybridized carbons (Fsp3) is 0.800. The molecule has 0 saturated heterocycles. The van der Waals surface area contributed by atoms with Crippen LogP contribution in [0.15, 0.2) is 12.2 Å². The van der Waals surface area contributed by atoms with Gasteiger partial charge in [0.2, 0.25) is 0 Å². The van der Waals surface area contributed by atoms with Gasteiger partial charge in [-0.15, -0.1) is 0 Å². The zero-order valence-corrected chi connectivity index (χ0v) is 11.9. The van der Waals surface area contributed by atoms with Crippen LogP contribution >= 0.6 is 0 Å². The Morgan fingerprint density at radius 2 is 1.72 bits per heavy atom. The molecular weight excluding hydrogens is 226 g/mol. The normalized spacial score (nSPS) is 13.3. The summed E-state index contributed by atoms with van der Waals surface area (Å²) >= 11 is 0. The van der Waals surface area contributed by atoms with Gasteiger partial charge in [0.25, 0.3) is 0 Å². The van der Waals surface area contributed by atoms with Gasteiger partial charge in [-0.1, -0.05) is 38.8 Å². The Labute approximate surface area is 111 Å². The van der Waals surface area contributed by atoms with Crippen LogP contribution in [-0.2, 0) is 4.79 Å². The minimum Gasteiger partial charge on any atom is -0.481 e. The van der Waals surface area contributed by atoms with Gasteiger partial charge in [-0.25, -0.2) is 0 Å². The number of nitrogens with two attached hydrogens (primary N) is 1. The Morgan fingerprint density at radius 1 is 1.11 bits per heavy atom. The predicted octanol–water partition coefficient (Wildman–Crippen LogP) is 3.73. The number of hydrogen-bond acceptors (Lipinski definition) is 2. The molecule has 0 aromatic carbocycles. The number of carboxylic acids is 1. The van der Waals surface area contributed by atoms with E-state index in [0.29, 0.717) is 0 Å². The van der Waals surface area contributed by atoms with Gasteiger partial charge in [0, 0.05) is 6.04 Å². The highest BCUT2D eigenvalue weighted by Gasteiger charge is 2.06. The summed E-state index contributed by atoms with van der Waals surface area (Å²) < 4.78 is 0. The topological polar surface area (TPSA) is 63.3 Å². The van der Waals surface area contributed by atoms with Crippen molar-refractivity contribution in [3.05, 3.63) is 12.2 Å². The van der Waals surface area contributed by atoms with Crippen molar-refractivity contribution >= 4 is 5.97 Å². The van der Waals surface area contributed by atoms with Crippen LogP contribution in [0.5, 0.6) is 0 Å². The van der Waals surface area contributed by atoms with Crippen LogP contribution in [0.25, 0.3) is 0 Å². The van der Waals surface area contributed by atoms with Crippen LogP contribution in [-0.4, -0.2) is 17.1 Å². The molecule has 3 N–H and O–H groups in total. The zero-order valence-electron chi connectivity index (χ0n) is 11.9. The minimum atomic E-state index is -0.799. The van der Waals surface area contributed by atoms with E-state index in [1.807, 2.05) is 0 Å². The highest BCUT2D eigenvalue weighted by atomic mass is 16.4. The van der Waals surface area contributed by atoms with Gasteiger partial charge in [0.15, 0.2) is 0 Å². The summed E-state index contributed by atoms with van der Waals surface area (Å²) in [5.74, 6) is 0.00155. The third-order valence-corrected chi connectivity index (χ3v) is 2.95. The summed E-state index contributed by atoms with van der Waals surface area (Å²) in [6.07, 6.45) is 12.4. The number of rotatable bonds is 11. The van der Waals surface area contributed by atoms with E-state index in [-0.39, 0.29) is 12.5 Å². The van der Waals surface area contributed by atoms with Crippen molar-refractivity contribution in [1.29, 1.82) is 0 Å². The number of hydrogen-bond donors (Lipinski definition) is 2. The highest BCUT2D eigenvalue weighted by Crippen LogP contribution is 2.08. The number of carbonyl (C=O) groups is 1. The molecule has 0 aliphatic carbocycles. The number of carboxylic acid groups (broad SMARTS) is 1. The average Bonchev–Trinajstić information content (AvgIpc) is 2.25. The summed E-state index contributed by atoms with van der Waals surface area (Å²) in [4.78, 5) is 10.4. The number of allylic oxidation sites excluding steroid dienone is 2. The van der Waals surface area contributed by atoms with Crippen molar-refractivity contribution in [2.24, 2.45) is 11.7 Å². The first-order valence-electron chi connectivity index (χ1n) is 7.14. The summed E-state index contributed by atoms with van der Waals surface area (Å²) in [5.41, 5.74) is 5.68. The molecule has 0 rings (SSSR count). The molecule has 0 aliphatic rings. The van der Waals surface area contributed by atoms with Gasteiger partial charge in [0.1, 0.15) is 0 Å². The van der Waals surface area contributed by atoms with E-state index in [1.165, 1.54) is 19.3 Å². The first-order valence-corrected chi connectivity index (χ1v) is 7.14. The molecule has 3 nitrogen and oxygen atoms in total. The Bertz CT molecular complexity index is 237. The lowest BCUT2D eigenvalue weighted by Crippen LogP contribution is -2.23. The minimum absolute atomic E-state index is 0.0883. The highest BCUT2D eigenvalue weighted by molar-refractivity contribution is 5.67. The summed E-state index contributed by atoms with van der Waals surface area (Å²) in [6.45, 7) is 4.51. The van der Waals surface area contributed by atoms with Crippen LogP contribution in [0.1, 0.15) is 65.2 Å². The number of aliphatic carboxylic acids is 1. The summed E-state index contributed by atoms with van der Waals surface area (Å²) in [7, 11) is 0. The molecule has 0 bridgehead atoms. The molecule has 0 heterocycles. The zero-order chi connectivity index (χ0) is 13.8. The second-order valence-electron chi connectivity index (χ2n) is 5.44. The SMILES string of the molecule is CC(C)CCCC=CCCCCC(N)CC(=O)O. The molecule has 0 aromatic rings. The molecule has 1 unspecified atom stereocenters. The quantitative estimate of drug-likeness (QED) is 0.437. The van der Waals surface area contributed by atoms with Crippen molar-refractivity contribution in [3.8, 4) is 0 Å². The Kier molecular flexibility index (Phi) is 10.8. The molecule has 3 heteroatoms. The molecule has 1 atom stereocenters. The summed E-state index contributed by atoms with van der Waals surface area (Å²) in [6, 6.07) is -0.183. The standard InChI is InChI=1S/C15H29NO2/c1-13(2)10-8-6-4-3-5-7-9-11-14(16)12-15(17)18/h3-4,13-14H,5-12,16H2,1-2H3,(H,17,18). The molecule has 0 amide bonds. The van der Waals surface area contributed by atoms with Crippen molar-refractivity contribution in [1.82, 2.24) is 0 Å². The van der Waals surface area contributed by atoms with Crippen LogP contribution in [0, 0.1) is 5.92 Å². The first-order chi connectivity index (χ1) is 8.52. The molecule has 0 aliphatic heterocycles. The fourth-order valence-corrected chi connectivity index (χ4v) is 1.87. The largest absolute Gasteiger partial charge is 0.481 e. The fourth-order valence-electron chi connectivity index (χ4n) is 1.87. The first kappa shape index (κ1) is 17.2. The maximum Gasteiger partial charge on any atom is 0.304 e. The van der Waals surface area contributed by atoms with E-state index < -0.39 is 5.97 Å². The lowest BCUT2D eigenvalue weighted by Gasteiger charge is -2.07. The monoisotopic (exact) mass is 255 g/mol. The van der Waals surface area contributed by atoms with Gasteiger partial charge in [0.05, 0.1) is 6.42 Å². The van der Waals surface area contributed by atoms with Crippen molar-refractivity contribution < 1.29 is 9.90 Å². The summed E-state index contributed by atoms with van der Waals surface area (Å²) in [5, 5.41) is 8.55. The third-order valence-electron chi connectivity index (χ3n) is 2.95. The smallest absolute Gasteiger partial charge is 0.304 e. The van der Waals surface area contributed by atoms with Crippen molar-refractivity contribution in [3.63, 3.8) is 0 Å². The Balaban J connectivity index is 3.29. The van der Waals surface area contributed by atoms with Gasteiger partial charge in [-0.3, -0.25) is 4.79 Å². The van der Waals surface area contributed by atoms with Crippen LogP contribution in [0.3, 0.4) is 0 Å². The molecule has 0 spiro atoms. The van der Waals surface area contributed by atoms with Crippen LogP contribution in [0.2, 0.25) is 0 Å². The van der Waals surface area contributed by atoms with Crippen LogP contribution < -0.4 is 5.73 Å². The Hall–Kier alpha value is -0.830. The lowest BCUT2D eigenvalue weighted by molar-refractivity contribution is -0.137. The lowest BCUT2D eigenvalue weighted by atomic mass is 10.0. The number of unbranched alkanes of at least 4 members (excludes halogenated alkanes) is 3. The van der Waals surface area contributed by atoms with Gasteiger partial charge >= 0.3 is 5.97 Å². The van der Waals surface area contributed by atoms with E-state index in [4.69, 9.17) is 10.8 Å². The van der Waals surface area contributed by atoms with E-state index in [2.05, 4.69) is 26.0 Å². The molecule has 18 heavy (non-hydrogen) atoms. The van der Waals surface area contributed by atoms with E-state index >= 15 is 0 Å². The molecule has 0 fully saturated rings. The maximum absolute atomic E-state index is 10.4. The van der Waals surface area contributed by atoms with Gasteiger partial charge < -0.3 is 10.8 Å². The van der Waals surface area contributed by atoms with Crippen molar-refractivity contribution in [2.75, 3.05) is 0 Å². The predicted molar refractivity (Wildman–Crippen MR) is 76.5 cm³/mol. The maximum atomic E-state index is 10.4. The van der Waals surface area contributed by atoms with Gasteiger partial charge in [-0.2, -0.15) is 0 Å². The second kappa shape index (κ2) is 11.3. The van der Waals surface area contributed by atoms with E-state index in [9.17, 15) is 4.79 Å². The van der Waals surface area contributed by atoms with Crippen LogP contribution in [0.4, 0.5) is 0 Å². The third kappa shape index (κ3) is 13.2. The van der Waals surface area contributed by atoms with E-state index in [1.54, 1.807) is 0 Å². The molecular formula is C15H29NO2. The molecule has 0 radical (unpaired) electrons. The van der Waals surface area contributed by atoms with Crippen molar-refractivity contribution in [2.45, 2.75) is 71.3 Å². The molecule has 0 saturated carbocycles. The Morgan fingerprint density at radius 3 is 2.28 bits per heavy atom. The second-order valence-corrected chi connectivity index (χ2v) is 5.44. The average molecular weight is 255 g/mol. The molecule has 106 valence electrons.